The molecule has 5 nitrogen and oxygen atoms in total. The molecule has 0 saturated carbocycles. The molecule has 8 aromatic rings. The number of hydrogen-bond acceptors (Lipinski definition) is 4. The van der Waals surface area contributed by atoms with Crippen LogP contribution in [0.5, 0.6) is 0 Å². The van der Waals surface area contributed by atoms with Crippen molar-refractivity contribution < 1.29 is 0 Å². The molecule has 0 bridgehead atoms. The van der Waals surface area contributed by atoms with Gasteiger partial charge in [0, 0.05) is 38.9 Å². The Morgan fingerprint density at radius 2 is 1.33 bits per heavy atom. The summed E-state index contributed by atoms with van der Waals surface area (Å²) in [7, 11) is 0. The predicted octanol–water partition coefficient (Wildman–Crippen LogP) is 9.02. The number of para-hydroxylation sites is 2. The minimum absolute atomic E-state index is 0.239. The third-order valence-corrected chi connectivity index (χ3v) is 10.0. The molecule has 0 radical (unpaired) electrons. The van der Waals surface area contributed by atoms with Crippen molar-refractivity contribution in [3.63, 3.8) is 0 Å². The van der Waals surface area contributed by atoms with Gasteiger partial charge in [0.15, 0.2) is 0 Å². The van der Waals surface area contributed by atoms with Gasteiger partial charge >= 0.3 is 6.98 Å². The van der Waals surface area contributed by atoms with Crippen LogP contribution in [0.2, 0.25) is 0 Å². The van der Waals surface area contributed by atoms with E-state index in [1.807, 2.05) is 18.2 Å². The summed E-state index contributed by atoms with van der Waals surface area (Å²) >= 11 is 0. The van der Waals surface area contributed by atoms with Crippen LogP contribution in [0.4, 0.5) is 5.69 Å². The van der Waals surface area contributed by atoms with Crippen LogP contribution >= 0.6 is 0 Å². The molecule has 1 aliphatic heterocycles. The molecule has 230 valence electrons. The molecule has 0 spiro atoms. The van der Waals surface area contributed by atoms with Gasteiger partial charge in [-0.05, 0) is 64.1 Å². The zero-order valence-corrected chi connectivity index (χ0v) is 26.6. The van der Waals surface area contributed by atoms with Crippen molar-refractivity contribution in [2.45, 2.75) is 5.92 Å². The number of fused-ring (bicyclic) bond motifs is 7. The summed E-state index contributed by atoms with van der Waals surface area (Å²) < 4.78 is 2.20. The molecular weight excluding hydrogens is 597 g/mol. The van der Waals surface area contributed by atoms with Crippen LogP contribution in [-0.4, -0.2) is 21.5 Å². The summed E-state index contributed by atoms with van der Waals surface area (Å²) in [5.41, 5.74) is 19.9. The average Bonchev–Trinajstić information content (AvgIpc) is 3.81. The number of benzene rings is 6. The van der Waals surface area contributed by atoms with Crippen molar-refractivity contribution in [1.29, 1.82) is 0 Å². The van der Waals surface area contributed by atoms with Crippen molar-refractivity contribution >= 4 is 50.8 Å². The minimum atomic E-state index is -0.269. The number of anilines is 1. The summed E-state index contributed by atoms with van der Waals surface area (Å²) in [5, 5.41) is 6.93. The SMILES string of the molecule is NB1Nc2ccc(-c3ccc4c(c3)c3ccccc3n4-c3nc(-c4ccccc4)c4ccccc4n3)cc2-c2cccc(C3C=CC=C3)c21. The maximum atomic E-state index is 6.75. The molecule has 0 fully saturated rings. The lowest BCUT2D eigenvalue weighted by Gasteiger charge is -2.28. The molecule has 3 heterocycles. The fraction of sp³-hybridized carbons (Fsp3) is 0.0233. The van der Waals surface area contributed by atoms with E-state index in [4.69, 9.17) is 15.6 Å². The van der Waals surface area contributed by atoms with Crippen molar-refractivity contribution in [2.24, 2.45) is 5.64 Å². The number of hydrogen-bond donors (Lipinski definition) is 2. The van der Waals surface area contributed by atoms with E-state index < -0.39 is 0 Å². The van der Waals surface area contributed by atoms with Gasteiger partial charge in [-0.2, -0.15) is 0 Å². The number of nitrogens with one attached hydrogen (secondary N) is 1. The Morgan fingerprint density at radius 3 is 2.20 bits per heavy atom. The summed E-state index contributed by atoms with van der Waals surface area (Å²) in [5.74, 6) is 0.898. The van der Waals surface area contributed by atoms with E-state index in [1.54, 1.807) is 0 Å². The minimum Gasteiger partial charge on any atom is -0.410 e. The fourth-order valence-electron chi connectivity index (χ4n) is 7.76. The lowest BCUT2D eigenvalue weighted by molar-refractivity contribution is 1.01. The Hall–Kier alpha value is -6.24. The molecule has 3 N–H and O–H groups in total. The van der Waals surface area contributed by atoms with Crippen LogP contribution in [0.25, 0.3) is 72.2 Å². The monoisotopic (exact) mass is 627 g/mol. The molecule has 0 unspecified atom stereocenters. The van der Waals surface area contributed by atoms with Gasteiger partial charge in [-0.25, -0.2) is 9.97 Å². The summed E-state index contributed by atoms with van der Waals surface area (Å²) in [6.45, 7) is -0.269. The van der Waals surface area contributed by atoms with Crippen LogP contribution in [0.3, 0.4) is 0 Å². The van der Waals surface area contributed by atoms with E-state index >= 15 is 0 Å². The summed E-state index contributed by atoms with van der Waals surface area (Å²) in [6, 6.07) is 47.1. The molecule has 49 heavy (non-hydrogen) atoms. The highest BCUT2D eigenvalue weighted by molar-refractivity contribution is 6.76. The first-order valence-electron chi connectivity index (χ1n) is 16.7. The number of rotatable bonds is 4. The van der Waals surface area contributed by atoms with Gasteiger partial charge in [-0.15, -0.1) is 0 Å². The smallest absolute Gasteiger partial charge is 0.371 e. The van der Waals surface area contributed by atoms with Crippen LogP contribution in [0.1, 0.15) is 11.5 Å². The van der Waals surface area contributed by atoms with Crippen LogP contribution in [0, 0.1) is 0 Å². The van der Waals surface area contributed by atoms with Crippen LogP contribution in [0.15, 0.2) is 158 Å². The Bertz CT molecular complexity index is 2660. The normalized spacial score (nSPS) is 13.7. The zero-order chi connectivity index (χ0) is 32.5. The van der Waals surface area contributed by atoms with Gasteiger partial charge in [-0.3, -0.25) is 4.57 Å². The zero-order valence-electron chi connectivity index (χ0n) is 26.6. The van der Waals surface area contributed by atoms with Crippen molar-refractivity contribution in [3.05, 3.63) is 163 Å². The quantitative estimate of drug-likeness (QED) is 0.191. The second-order valence-electron chi connectivity index (χ2n) is 12.8. The highest BCUT2D eigenvalue weighted by Crippen LogP contribution is 2.39. The Labute approximate surface area is 284 Å². The molecular formula is C43H30BN5. The average molecular weight is 628 g/mol. The van der Waals surface area contributed by atoms with E-state index in [0.717, 1.165) is 66.2 Å². The second kappa shape index (κ2) is 10.9. The first-order chi connectivity index (χ1) is 24.2. The van der Waals surface area contributed by atoms with Crippen LogP contribution in [-0.2, 0) is 0 Å². The van der Waals surface area contributed by atoms with E-state index in [-0.39, 0.29) is 12.9 Å². The maximum absolute atomic E-state index is 6.75. The standard InChI is InChI=1S/C43H30BN5/c45-44-41-31(27-11-4-5-12-27)17-10-18-33(41)35-25-29(21-23-38(35)48-44)30-22-24-40-36(26-30)32-15-7-9-20-39(32)49(40)43-46-37-19-8-6-16-34(37)42(47-43)28-13-2-1-3-14-28/h1-27,48H,45H2. The summed E-state index contributed by atoms with van der Waals surface area (Å²) in [4.78, 5) is 10.4. The van der Waals surface area contributed by atoms with E-state index in [0.29, 0.717) is 5.95 Å². The number of nitrogens with two attached hydrogens (primary N) is 1. The molecule has 2 aliphatic rings. The Balaban J connectivity index is 1.14. The van der Waals surface area contributed by atoms with Gasteiger partial charge < -0.3 is 10.9 Å². The second-order valence-corrected chi connectivity index (χ2v) is 12.8. The lowest BCUT2D eigenvalue weighted by Crippen LogP contribution is -2.52. The Morgan fingerprint density at radius 1 is 0.592 bits per heavy atom. The topological polar surface area (TPSA) is 68.8 Å². The van der Waals surface area contributed by atoms with Crippen molar-refractivity contribution in [1.82, 2.24) is 14.5 Å². The molecule has 2 aromatic heterocycles. The van der Waals surface area contributed by atoms with Gasteiger partial charge in [0.25, 0.3) is 0 Å². The van der Waals surface area contributed by atoms with Gasteiger partial charge in [0.2, 0.25) is 5.95 Å². The van der Waals surface area contributed by atoms with Gasteiger partial charge in [0.05, 0.1) is 22.2 Å². The molecule has 10 rings (SSSR count). The molecule has 1 aliphatic carbocycles. The highest BCUT2D eigenvalue weighted by Gasteiger charge is 2.30. The van der Waals surface area contributed by atoms with E-state index in [2.05, 4.69) is 149 Å². The number of nitrogens with zero attached hydrogens (tertiary/aromatic N) is 3. The molecule has 0 atom stereocenters. The third kappa shape index (κ3) is 4.38. The van der Waals surface area contributed by atoms with Gasteiger partial charge in [-0.1, -0.05) is 121 Å². The third-order valence-electron chi connectivity index (χ3n) is 10.0. The first kappa shape index (κ1) is 27.8. The lowest BCUT2D eigenvalue weighted by atomic mass is 9.60. The summed E-state index contributed by atoms with van der Waals surface area (Å²) in [6.07, 6.45) is 8.68. The highest BCUT2D eigenvalue weighted by atomic mass is 15.2. The number of aromatic nitrogens is 3. The van der Waals surface area contributed by atoms with E-state index in [1.165, 1.54) is 16.7 Å². The molecule has 6 aromatic carbocycles. The van der Waals surface area contributed by atoms with Gasteiger partial charge in [0.1, 0.15) is 0 Å². The first-order valence-corrected chi connectivity index (χ1v) is 16.7. The molecule has 0 amide bonds. The maximum Gasteiger partial charge on any atom is 0.371 e. The largest absolute Gasteiger partial charge is 0.410 e. The van der Waals surface area contributed by atoms with Crippen LogP contribution < -0.4 is 16.3 Å². The fourth-order valence-corrected chi connectivity index (χ4v) is 7.76. The van der Waals surface area contributed by atoms with E-state index in [9.17, 15) is 0 Å². The van der Waals surface area contributed by atoms with Crippen molar-refractivity contribution in [3.8, 4) is 39.5 Å². The Kier molecular flexibility index (Phi) is 6.20. The van der Waals surface area contributed by atoms with Crippen molar-refractivity contribution in [2.75, 3.05) is 5.23 Å². The predicted molar refractivity (Wildman–Crippen MR) is 204 cm³/mol. The molecule has 6 heteroatoms. The molecule has 0 saturated heterocycles. The number of allylic oxidation sites excluding steroid dienone is 4.